The van der Waals surface area contributed by atoms with Crippen molar-refractivity contribution in [2.75, 3.05) is 0 Å². The van der Waals surface area contributed by atoms with Crippen LogP contribution in [-0.2, 0) is 0 Å². The smallest absolute Gasteiger partial charge is 0.0555 e. The molecule has 2 N–H and O–H groups in total. The van der Waals surface area contributed by atoms with E-state index in [4.69, 9.17) is 5.73 Å². The van der Waals surface area contributed by atoms with Crippen LogP contribution in [0, 0.1) is 13.8 Å². The van der Waals surface area contributed by atoms with Crippen LogP contribution < -0.4 is 5.73 Å². The number of rotatable bonds is 2. The Bertz CT molecular complexity index is 603. The molecule has 1 nitrogen and oxygen atoms in total. The predicted molar refractivity (Wildman–Crippen MR) is 91.5 cm³/mol. The predicted octanol–water partition coefficient (Wildman–Crippen LogP) is 5.64. The van der Waals surface area contributed by atoms with Crippen molar-refractivity contribution in [2.24, 2.45) is 5.73 Å². The molecule has 2 rings (SSSR count). The first-order chi connectivity index (χ1) is 8.88. The van der Waals surface area contributed by atoms with E-state index >= 15 is 0 Å². The molecule has 2 aromatic carbocycles. The van der Waals surface area contributed by atoms with Crippen LogP contribution >= 0.6 is 47.8 Å². The Kier molecular flexibility index (Phi) is 4.88. The Morgan fingerprint density at radius 3 is 2.00 bits per heavy atom. The lowest BCUT2D eigenvalue weighted by molar-refractivity contribution is 0.857. The third-order valence-electron chi connectivity index (χ3n) is 3.13. The van der Waals surface area contributed by atoms with Crippen LogP contribution in [0.4, 0.5) is 0 Å². The van der Waals surface area contributed by atoms with Crippen molar-refractivity contribution < 1.29 is 0 Å². The molecule has 0 amide bonds. The molecule has 0 aliphatic rings. The van der Waals surface area contributed by atoms with E-state index in [1.54, 1.807) is 0 Å². The standard InChI is InChI=1S/C15H14Br3N/c1-8-4-14(18)9(2)3-13(8)15(19)10-5-11(16)7-12(17)6-10/h3-7,15H,19H2,1-2H3. The average molecular weight is 448 g/mol. The second-order valence-electron chi connectivity index (χ2n) is 4.64. The van der Waals surface area contributed by atoms with Gasteiger partial charge < -0.3 is 5.73 Å². The van der Waals surface area contributed by atoms with Gasteiger partial charge in [0.25, 0.3) is 0 Å². The summed E-state index contributed by atoms with van der Waals surface area (Å²) in [6, 6.07) is 10.3. The summed E-state index contributed by atoms with van der Waals surface area (Å²) >= 11 is 10.6. The molecule has 0 aromatic heterocycles. The van der Waals surface area contributed by atoms with E-state index in [0.717, 1.165) is 24.5 Å². The molecule has 100 valence electrons. The first-order valence-corrected chi connectivity index (χ1v) is 8.24. The second-order valence-corrected chi connectivity index (χ2v) is 7.32. The molecule has 19 heavy (non-hydrogen) atoms. The molecule has 0 aliphatic heterocycles. The topological polar surface area (TPSA) is 26.0 Å². The molecule has 1 unspecified atom stereocenters. The Morgan fingerprint density at radius 1 is 0.842 bits per heavy atom. The van der Waals surface area contributed by atoms with Gasteiger partial charge in [-0.25, -0.2) is 0 Å². The van der Waals surface area contributed by atoms with Crippen molar-refractivity contribution in [1.29, 1.82) is 0 Å². The number of hydrogen-bond acceptors (Lipinski definition) is 1. The number of nitrogens with two attached hydrogens (primary N) is 1. The first-order valence-electron chi connectivity index (χ1n) is 5.86. The molecule has 0 aliphatic carbocycles. The zero-order chi connectivity index (χ0) is 14.2. The fraction of sp³-hybridized carbons (Fsp3) is 0.200. The van der Waals surface area contributed by atoms with Gasteiger partial charge in [0, 0.05) is 13.4 Å². The highest BCUT2D eigenvalue weighted by Gasteiger charge is 2.14. The molecular weight excluding hydrogens is 434 g/mol. The third-order valence-corrected chi connectivity index (χ3v) is 4.90. The molecule has 0 fully saturated rings. The van der Waals surface area contributed by atoms with Crippen LogP contribution in [0.2, 0.25) is 0 Å². The van der Waals surface area contributed by atoms with E-state index in [2.05, 4.69) is 85.9 Å². The maximum atomic E-state index is 6.42. The summed E-state index contributed by atoms with van der Waals surface area (Å²) in [4.78, 5) is 0. The van der Waals surface area contributed by atoms with E-state index in [-0.39, 0.29) is 6.04 Å². The van der Waals surface area contributed by atoms with E-state index in [9.17, 15) is 0 Å². The number of benzene rings is 2. The van der Waals surface area contributed by atoms with Crippen LogP contribution in [0.5, 0.6) is 0 Å². The summed E-state index contributed by atoms with van der Waals surface area (Å²) in [5.41, 5.74) is 11.1. The number of halogens is 3. The Hall–Kier alpha value is -0.160. The minimum atomic E-state index is -0.124. The van der Waals surface area contributed by atoms with Crippen molar-refractivity contribution in [1.82, 2.24) is 0 Å². The molecule has 4 heteroatoms. The van der Waals surface area contributed by atoms with Gasteiger partial charge in [0.05, 0.1) is 6.04 Å². The SMILES string of the molecule is Cc1cc(C(N)c2cc(Br)cc(Br)c2)c(C)cc1Br. The molecule has 0 spiro atoms. The van der Waals surface area contributed by atoms with Gasteiger partial charge in [-0.3, -0.25) is 0 Å². The van der Waals surface area contributed by atoms with Crippen molar-refractivity contribution in [2.45, 2.75) is 19.9 Å². The van der Waals surface area contributed by atoms with Crippen LogP contribution in [0.1, 0.15) is 28.3 Å². The van der Waals surface area contributed by atoms with Crippen LogP contribution in [0.15, 0.2) is 43.7 Å². The summed E-state index contributed by atoms with van der Waals surface area (Å²) in [5.74, 6) is 0. The Labute approximate surface area is 139 Å². The van der Waals surface area contributed by atoms with Gasteiger partial charge in [-0.1, -0.05) is 53.9 Å². The molecule has 0 bridgehead atoms. The largest absolute Gasteiger partial charge is 0.320 e. The van der Waals surface area contributed by atoms with Gasteiger partial charge in [0.1, 0.15) is 0 Å². The molecule has 0 radical (unpaired) electrons. The summed E-state index contributed by atoms with van der Waals surface area (Å²) < 4.78 is 3.17. The number of aryl methyl sites for hydroxylation is 2. The maximum Gasteiger partial charge on any atom is 0.0555 e. The second kappa shape index (κ2) is 6.08. The van der Waals surface area contributed by atoms with Crippen LogP contribution in [-0.4, -0.2) is 0 Å². The minimum Gasteiger partial charge on any atom is -0.320 e. The summed E-state index contributed by atoms with van der Waals surface area (Å²) in [6.45, 7) is 4.17. The van der Waals surface area contributed by atoms with Gasteiger partial charge in [-0.15, -0.1) is 0 Å². The Balaban J connectivity index is 2.49. The zero-order valence-corrected chi connectivity index (χ0v) is 15.4. The minimum absolute atomic E-state index is 0.124. The van der Waals surface area contributed by atoms with Gasteiger partial charge in [-0.05, 0) is 60.4 Å². The third kappa shape index (κ3) is 3.48. The molecule has 2 aromatic rings. The van der Waals surface area contributed by atoms with Gasteiger partial charge >= 0.3 is 0 Å². The lowest BCUT2D eigenvalue weighted by atomic mass is 9.94. The highest BCUT2D eigenvalue weighted by atomic mass is 79.9. The van der Waals surface area contributed by atoms with Crippen molar-refractivity contribution in [3.8, 4) is 0 Å². The maximum absolute atomic E-state index is 6.42. The van der Waals surface area contributed by atoms with Gasteiger partial charge in [0.15, 0.2) is 0 Å². The Morgan fingerprint density at radius 2 is 1.42 bits per heavy atom. The van der Waals surface area contributed by atoms with E-state index < -0.39 is 0 Å². The molecule has 1 atom stereocenters. The molecule has 0 heterocycles. The lowest BCUT2D eigenvalue weighted by Gasteiger charge is -2.17. The quantitative estimate of drug-likeness (QED) is 0.633. The average Bonchev–Trinajstić information content (AvgIpc) is 2.31. The highest BCUT2D eigenvalue weighted by Crippen LogP contribution is 2.30. The van der Waals surface area contributed by atoms with Crippen LogP contribution in [0.25, 0.3) is 0 Å². The fourth-order valence-corrected chi connectivity index (χ4v) is 3.86. The fourth-order valence-electron chi connectivity index (χ4n) is 2.07. The van der Waals surface area contributed by atoms with Crippen molar-refractivity contribution in [3.63, 3.8) is 0 Å². The summed E-state index contributed by atoms with van der Waals surface area (Å²) in [6.07, 6.45) is 0. The lowest BCUT2D eigenvalue weighted by Crippen LogP contribution is -2.13. The van der Waals surface area contributed by atoms with Crippen molar-refractivity contribution in [3.05, 3.63) is 66.0 Å². The summed E-state index contributed by atoms with van der Waals surface area (Å²) in [5, 5.41) is 0. The number of hydrogen-bond donors (Lipinski definition) is 1. The van der Waals surface area contributed by atoms with Gasteiger partial charge in [-0.2, -0.15) is 0 Å². The monoisotopic (exact) mass is 445 g/mol. The molecule has 0 saturated heterocycles. The van der Waals surface area contributed by atoms with E-state index in [1.807, 2.05) is 6.07 Å². The first kappa shape index (κ1) is 15.2. The van der Waals surface area contributed by atoms with Crippen LogP contribution in [0.3, 0.4) is 0 Å². The zero-order valence-electron chi connectivity index (χ0n) is 10.7. The van der Waals surface area contributed by atoms with Gasteiger partial charge in [0.2, 0.25) is 0 Å². The van der Waals surface area contributed by atoms with E-state index in [0.29, 0.717) is 0 Å². The highest BCUT2D eigenvalue weighted by molar-refractivity contribution is 9.11. The molecule has 0 saturated carbocycles. The van der Waals surface area contributed by atoms with Crippen molar-refractivity contribution >= 4 is 47.8 Å². The normalized spacial score (nSPS) is 12.5. The molecular formula is C15H14Br3N. The van der Waals surface area contributed by atoms with E-state index in [1.165, 1.54) is 11.1 Å². The summed E-state index contributed by atoms with van der Waals surface area (Å²) in [7, 11) is 0.